The molecule has 0 saturated carbocycles. The van der Waals surface area contributed by atoms with Crippen molar-refractivity contribution in [2.75, 3.05) is 0 Å². The molecule has 1 atom stereocenters. The minimum atomic E-state index is -0.664. The molecule has 0 aliphatic carbocycles. The highest BCUT2D eigenvalue weighted by Crippen LogP contribution is 2.33. The number of pyridine rings is 2. The van der Waals surface area contributed by atoms with Gasteiger partial charge in [0.05, 0.1) is 29.6 Å². The Morgan fingerprint density at radius 2 is 1.92 bits per heavy atom. The van der Waals surface area contributed by atoms with Crippen molar-refractivity contribution in [3.05, 3.63) is 63.4 Å². The number of hydrogen-bond donors (Lipinski definition) is 1. The molecule has 4 rings (SSSR count). The van der Waals surface area contributed by atoms with Crippen molar-refractivity contribution in [3.63, 3.8) is 0 Å². The van der Waals surface area contributed by atoms with Crippen molar-refractivity contribution in [2.45, 2.75) is 40.3 Å². The van der Waals surface area contributed by atoms with E-state index < -0.39 is 6.10 Å². The number of hydrogen-bond acceptors (Lipinski definition) is 3. The zero-order valence-electron chi connectivity index (χ0n) is 14.5. The number of aliphatic hydroxyl groups excluding tert-OH is 1. The van der Waals surface area contributed by atoms with Crippen LogP contribution in [0.3, 0.4) is 0 Å². The SMILES string of the molecule is CC.Cc1c(C(C)O)cc2n(c1=O)Cc1cc3ccccc3nc1-2. The van der Waals surface area contributed by atoms with E-state index in [0.29, 0.717) is 17.7 Å². The third-order valence-electron chi connectivity index (χ3n) is 4.41. The van der Waals surface area contributed by atoms with Crippen LogP contribution in [-0.2, 0) is 6.54 Å². The molecule has 3 aromatic rings. The highest BCUT2D eigenvalue weighted by Gasteiger charge is 2.24. The Hall–Kier alpha value is -2.46. The van der Waals surface area contributed by atoms with Gasteiger partial charge in [0.15, 0.2) is 0 Å². The summed E-state index contributed by atoms with van der Waals surface area (Å²) in [6, 6.07) is 11.9. The van der Waals surface area contributed by atoms with E-state index in [2.05, 4.69) is 6.07 Å². The molecule has 1 unspecified atom stereocenters. The van der Waals surface area contributed by atoms with Gasteiger partial charge in [-0.2, -0.15) is 0 Å². The van der Waals surface area contributed by atoms with Gasteiger partial charge in [-0.25, -0.2) is 4.98 Å². The normalized spacial score (nSPS) is 13.0. The minimum absolute atomic E-state index is 0.0459. The van der Waals surface area contributed by atoms with E-state index in [4.69, 9.17) is 4.98 Å². The van der Waals surface area contributed by atoms with E-state index in [9.17, 15) is 9.90 Å². The van der Waals surface area contributed by atoms with Gasteiger partial charge in [0.25, 0.3) is 5.56 Å². The summed E-state index contributed by atoms with van der Waals surface area (Å²) in [5.41, 5.74) is 4.86. The minimum Gasteiger partial charge on any atom is -0.389 e. The van der Waals surface area contributed by atoms with Crippen LogP contribution in [0, 0.1) is 6.92 Å². The van der Waals surface area contributed by atoms with Crippen molar-refractivity contribution >= 4 is 10.9 Å². The lowest BCUT2D eigenvalue weighted by atomic mass is 10.0. The van der Waals surface area contributed by atoms with Crippen LogP contribution in [-0.4, -0.2) is 14.7 Å². The lowest BCUT2D eigenvalue weighted by Crippen LogP contribution is -2.23. The topological polar surface area (TPSA) is 55.1 Å². The number of benzene rings is 1. The maximum atomic E-state index is 12.6. The molecular weight excluding hydrogens is 300 g/mol. The Balaban J connectivity index is 0.000000815. The molecule has 24 heavy (non-hydrogen) atoms. The lowest BCUT2D eigenvalue weighted by molar-refractivity contribution is 0.198. The average Bonchev–Trinajstić information content (AvgIpc) is 2.95. The maximum absolute atomic E-state index is 12.6. The van der Waals surface area contributed by atoms with Crippen LogP contribution < -0.4 is 5.56 Å². The molecule has 4 nitrogen and oxygen atoms in total. The summed E-state index contributed by atoms with van der Waals surface area (Å²) in [7, 11) is 0. The first kappa shape index (κ1) is 16.4. The Labute approximate surface area is 141 Å². The second-order valence-electron chi connectivity index (χ2n) is 5.87. The fourth-order valence-corrected chi connectivity index (χ4v) is 3.23. The highest BCUT2D eigenvalue weighted by atomic mass is 16.3. The Morgan fingerprint density at radius 3 is 2.62 bits per heavy atom. The zero-order chi connectivity index (χ0) is 17.4. The van der Waals surface area contributed by atoms with E-state index in [-0.39, 0.29) is 5.56 Å². The van der Waals surface area contributed by atoms with Crippen molar-refractivity contribution in [1.82, 2.24) is 9.55 Å². The fraction of sp³-hybridized carbons (Fsp3) is 0.300. The molecule has 1 N–H and O–H groups in total. The molecule has 1 aliphatic heterocycles. The summed E-state index contributed by atoms with van der Waals surface area (Å²) < 4.78 is 1.75. The first-order valence-electron chi connectivity index (χ1n) is 8.37. The number of aromatic nitrogens is 2. The monoisotopic (exact) mass is 322 g/mol. The molecule has 0 amide bonds. The van der Waals surface area contributed by atoms with Gasteiger partial charge in [0, 0.05) is 16.5 Å². The van der Waals surface area contributed by atoms with Crippen LogP contribution in [0.1, 0.15) is 43.6 Å². The Kier molecular flexibility index (Phi) is 4.24. The molecule has 3 heterocycles. The number of para-hydroxylation sites is 1. The fourth-order valence-electron chi connectivity index (χ4n) is 3.23. The van der Waals surface area contributed by atoms with Gasteiger partial charge in [-0.15, -0.1) is 0 Å². The third-order valence-corrected chi connectivity index (χ3v) is 4.41. The first-order chi connectivity index (χ1) is 11.6. The number of fused-ring (bicyclic) bond motifs is 4. The van der Waals surface area contributed by atoms with Crippen LogP contribution in [0.5, 0.6) is 0 Å². The molecular formula is C20H22N2O2. The van der Waals surface area contributed by atoms with Crippen LogP contribution in [0.4, 0.5) is 0 Å². The van der Waals surface area contributed by atoms with E-state index in [1.165, 1.54) is 0 Å². The second-order valence-corrected chi connectivity index (χ2v) is 5.87. The molecule has 1 aliphatic rings. The maximum Gasteiger partial charge on any atom is 0.254 e. The smallest absolute Gasteiger partial charge is 0.254 e. The van der Waals surface area contributed by atoms with Crippen LogP contribution in [0.25, 0.3) is 22.3 Å². The molecule has 124 valence electrons. The van der Waals surface area contributed by atoms with Gasteiger partial charge in [-0.05, 0) is 37.6 Å². The summed E-state index contributed by atoms with van der Waals surface area (Å²) in [6.45, 7) is 8.00. The van der Waals surface area contributed by atoms with E-state index in [1.54, 1.807) is 18.4 Å². The Bertz CT molecular complexity index is 971. The van der Waals surface area contributed by atoms with Gasteiger partial charge in [-0.1, -0.05) is 32.0 Å². The first-order valence-corrected chi connectivity index (χ1v) is 8.37. The molecule has 2 aromatic heterocycles. The molecule has 0 fully saturated rings. The highest BCUT2D eigenvalue weighted by molar-refractivity contribution is 5.83. The van der Waals surface area contributed by atoms with Crippen molar-refractivity contribution < 1.29 is 5.11 Å². The Morgan fingerprint density at radius 1 is 1.21 bits per heavy atom. The summed E-state index contributed by atoms with van der Waals surface area (Å²) >= 11 is 0. The molecule has 1 aromatic carbocycles. The zero-order valence-corrected chi connectivity index (χ0v) is 14.5. The van der Waals surface area contributed by atoms with Gasteiger partial charge < -0.3 is 9.67 Å². The average molecular weight is 322 g/mol. The summed E-state index contributed by atoms with van der Waals surface area (Å²) in [5.74, 6) is 0. The van der Waals surface area contributed by atoms with E-state index >= 15 is 0 Å². The van der Waals surface area contributed by atoms with E-state index in [0.717, 1.165) is 27.9 Å². The van der Waals surface area contributed by atoms with E-state index in [1.807, 2.05) is 44.2 Å². The number of nitrogens with zero attached hydrogens (tertiary/aromatic N) is 2. The van der Waals surface area contributed by atoms with Crippen LogP contribution in [0.2, 0.25) is 0 Å². The molecule has 0 radical (unpaired) electrons. The molecule has 0 spiro atoms. The lowest BCUT2D eigenvalue weighted by Gasteiger charge is -2.12. The molecule has 4 heteroatoms. The van der Waals surface area contributed by atoms with Gasteiger partial charge in [-0.3, -0.25) is 4.79 Å². The molecule has 0 bridgehead atoms. The van der Waals surface area contributed by atoms with Crippen LogP contribution in [0.15, 0.2) is 41.2 Å². The predicted octanol–water partition coefficient (Wildman–Crippen LogP) is 3.81. The predicted molar refractivity (Wildman–Crippen MR) is 97.3 cm³/mol. The third kappa shape index (κ3) is 2.43. The standard InChI is InChI=1S/C18H16N2O2.C2H6/c1-10-14(11(2)21)8-16-17-13(9-20(16)18(10)22)7-12-5-3-4-6-15(12)19-17;1-2/h3-8,11,21H,9H2,1-2H3;1-2H3. The summed E-state index contributed by atoms with van der Waals surface area (Å²) in [6.07, 6.45) is -0.664. The van der Waals surface area contributed by atoms with Crippen LogP contribution >= 0.6 is 0 Å². The summed E-state index contributed by atoms with van der Waals surface area (Å²) in [4.78, 5) is 17.3. The quantitative estimate of drug-likeness (QED) is 0.580. The number of rotatable bonds is 1. The van der Waals surface area contributed by atoms with Crippen molar-refractivity contribution in [3.8, 4) is 11.4 Å². The van der Waals surface area contributed by atoms with Crippen molar-refractivity contribution in [2.24, 2.45) is 0 Å². The van der Waals surface area contributed by atoms with Gasteiger partial charge in [0.2, 0.25) is 0 Å². The summed E-state index contributed by atoms with van der Waals surface area (Å²) in [5, 5.41) is 11.0. The molecule has 0 saturated heterocycles. The largest absolute Gasteiger partial charge is 0.389 e. The van der Waals surface area contributed by atoms with Gasteiger partial charge >= 0.3 is 0 Å². The van der Waals surface area contributed by atoms with Gasteiger partial charge in [0.1, 0.15) is 0 Å². The number of aliphatic hydroxyl groups is 1. The second kappa shape index (κ2) is 6.21. The van der Waals surface area contributed by atoms with Crippen molar-refractivity contribution in [1.29, 1.82) is 0 Å².